The maximum Gasteiger partial charge on any atom is 0.261 e. The maximum atomic E-state index is 12.2. The molecule has 2 rings (SSSR count). The Bertz CT molecular complexity index is 583. The number of halogens is 1. The van der Waals surface area contributed by atoms with Gasteiger partial charge in [-0.25, -0.2) is 0 Å². The number of benzene rings is 2. The van der Waals surface area contributed by atoms with Crippen molar-refractivity contribution in [3.8, 4) is 5.75 Å². The van der Waals surface area contributed by atoms with E-state index in [4.69, 9.17) is 4.74 Å². The first-order valence-corrected chi connectivity index (χ1v) is 7.63. The van der Waals surface area contributed by atoms with Crippen molar-refractivity contribution < 1.29 is 9.53 Å². The van der Waals surface area contributed by atoms with E-state index >= 15 is 0 Å². The average Bonchev–Trinajstić information content (AvgIpc) is 2.50. The van der Waals surface area contributed by atoms with Gasteiger partial charge >= 0.3 is 0 Å². The van der Waals surface area contributed by atoms with Crippen LogP contribution in [0.3, 0.4) is 0 Å². The number of carbonyl (C=O) groups excluding carboxylic acids is 1. The molecule has 0 aliphatic heterocycles. The van der Waals surface area contributed by atoms with Gasteiger partial charge in [-0.15, -0.1) is 0 Å². The predicted octanol–water partition coefficient (Wildman–Crippen LogP) is 4.09. The summed E-state index contributed by atoms with van der Waals surface area (Å²) in [7, 11) is 0. The van der Waals surface area contributed by atoms with Crippen LogP contribution in [0.2, 0.25) is 0 Å². The fourth-order valence-electron chi connectivity index (χ4n) is 1.93. The minimum absolute atomic E-state index is 0.0466. The molecule has 110 valence electrons. The van der Waals surface area contributed by atoms with Crippen molar-refractivity contribution in [3.63, 3.8) is 0 Å². The second kappa shape index (κ2) is 7.27. The Labute approximate surface area is 133 Å². The zero-order valence-corrected chi connectivity index (χ0v) is 13.6. The van der Waals surface area contributed by atoms with Crippen LogP contribution in [0.4, 0.5) is 0 Å². The lowest BCUT2D eigenvalue weighted by atomic mass is 10.1. The first-order chi connectivity index (χ1) is 10.1. The van der Waals surface area contributed by atoms with Gasteiger partial charge in [0, 0.05) is 4.47 Å². The quantitative estimate of drug-likeness (QED) is 0.884. The third kappa shape index (κ3) is 4.60. The molecule has 0 bridgehead atoms. The topological polar surface area (TPSA) is 38.3 Å². The van der Waals surface area contributed by atoms with Crippen molar-refractivity contribution >= 4 is 21.8 Å². The van der Waals surface area contributed by atoms with E-state index in [1.807, 2.05) is 61.5 Å². The van der Waals surface area contributed by atoms with Crippen molar-refractivity contribution in [2.24, 2.45) is 0 Å². The van der Waals surface area contributed by atoms with Crippen LogP contribution in [0.5, 0.6) is 5.75 Å². The number of hydrogen-bond acceptors (Lipinski definition) is 2. The highest BCUT2D eigenvalue weighted by Gasteiger charge is 2.17. The Morgan fingerprint density at radius 3 is 2.29 bits per heavy atom. The van der Waals surface area contributed by atoms with Gasteiger partial charge in [0.05, 0.1) is 6.04 Å². The molecule has 2 atom stereocenters. The fraction of sp³-hybridized carbons (Fsp3) is 0.235. The van der Waals surface area contributed by atoms with Crippen LogP contribution in [0.25, 0.3) is 0 Å². The Kier molecular flexibility index (Phi) is 5.39. The Morgan fingerprint density at radius 1 is 1.05 bits per heavy atom. The molecular weight excluding hydrogens is 330 g/mol. The second-order valence-corrected chi connectivity index (χ2v) is 5.77. The minimum atomic E-state index is -0.544. The number of hydrogen-bond donors (Lipinski definition) is 1. The molecule has 0 heterocycles. The van der Waals surface area contributed by atoms with Gasteiger partial charge < -0.3 is 10.1 Å². The van der Waals surface area contributed by atoms with Gasteiger partial charge in [-0.1, -0.05) is 46.3 Å². The minimum Gasteiger partial charge on any atom is -0.481 e. The smallest absolute Gasteiger partial charge is 0.261 e. The molecular formula is C17H18BrNO2. The van der Waals surface area contributed by atoms with Crippen molar-refractivity contribution in [3.05, 3.63) is 64.6 Å². The van der Waals surface area contributed by atoms with Crippen molar-refractivity contribution in [1.82, 2.24) is 5.32 Å². The van der Waals surface area contributed by atoms with E-state index in [1.165, 1.54) is 0 Å². The summed E-state index contributed by atoms with van der Waals surface area (Å²) in [4.78, 5) is 12.2. The van der Waals surface area contributed by atoms with E-state index in [0.29, 0.717) is 5.75 Å². The third-order valence-corrected chi connectivity index (χ3v) is 3.68. The number of carbonyl (C=O) groups is 1. The molecule has 1 N–H and O–H groups in total. The first kappa shape index (κ1) is 15.6. The van der Waals surface area contributed by atoms with E-state index in [9.17, 15) is 4.79 Å². The zero-order chi connectivity index (χ0) is 15.2. The summed E-state index contributed by atoms with van der Waals surface area (Å²) in [6, 6.07) is 17.2. The summed E-state index contributed by atoms with van der Waals surface area (Å²) < 4.78 is 6.61. The van der Waals surface area contributed by atoms with Crippen LogP contribution < -0.4 is 10.1 Å². The molecule has 0 fully saturated rings. The molecule has 0 aromatic heterocycles. The molecule has 2 aromatic carbocycles. The summed E-state index contributed by atoms with van der Waals surface area (Å²) in [5.41, 5.74) is 1.07. The van der Waals surface area contributed by atoms with Crippen LogP contribution in [0.15, 0.2) is 59.1 Å². The van der Waals surface area contributed by atoms with E-state index in [2.05, 4.69) is 21.2 Å². The van der Waals surface area contributed by atoms with Crippen LogP contribution in [-0.4, -0.2) is 12.0 Å². The van der Waals surface area contributed by atoms with E-state index in [-0.39, 0.29) is 11.9 Å². The Morgan fingerprint density at radius 2 is 1.67 bits per heavy atom. The highest BCUT2D eigenvalue weighted by molar-refractivity contribution is 9.10. The van der Waals surface area contributed by atoms with E-state index in [1.54, 1.807) is 6.92 Å². The predicted molar refractivity (Wildman–Crippen MR) is 87.2 cm³/mol. The Balaban J connectivity index is 1.92. The molecule has 2 aromatic rings. The molecule has 0 aliphatic rings. The SMILES string of the molecule is C[C@H](Oc1ccc(Br)cc1)C(=O)N[C@H](C)c1ccccc1. The summed E-state index contributed by atoms with van der Waals surface area (Å²) in [5, 5.41) is 2.95. The highest BCUT2D eigenvalue weighted by atomic mass is 79.9. The number of nitrogens with one attached hydrogen (secondary N) is 1. The lowest BCUT2D eigenvalue weighted by Gasteiger charge is -2.19. The maximum absolute atomic E-state index is 12.2. The average molecular weight is 348 g/mol. The molecule has 0 saturated heterocycles. The van der Waals surface area contributed by atoms with E-state index < -0.39 is 6.10 Å². The third-order valence-electron chi connectivity index (χ3n) is 3.15. The fourth-order valence-corrected chi connectivity index (χ4v) is 2.19. The molecule has 0 spiro atoms. The van der Waals surface area contributed by atoms with Gasteiger partial charge in [0.15, 0.2) is 6.10 Å². The van der Waals surface area contributed by atoms with Gasteiger partial charge in [-0.2, -0.15) is 0 Å². The van der Waals surface area contributed by atoms with Crippen LogP contribution in [0, 0.1) is 0 Å². The number of ether oxygens (including phenoxy) is 1. The van der Waals surface area contributed by atoms with Gasteiger partial charge in [0.1, 0.15) is 5.75 Å². The molecule has 3 nitrogen and oxygen atoms in total. The second-order valence-electron chi connectivity index (χ2n) is 4.85. The molecule has 0 radical (unpaired) electrons. The van der Waals surface area contributed by atoms with Crippen molar-refractivity contribution in [2.45, 2.75) is 26.0 Å². The van der Waals surface area contributed by atoms with Gasteiger partial charge in [-0.3, -0.25) is 4.79 Å². The summed E-state index contributed by atoms with van der Waals surface area (Å²) in [6.45, 7) is 3.70. The van der Waals surface area contributed by atoms with Crippen molar-refractivity contribution in [2.75, 3.05) is 0 Å². The first-order valence-electron chi connectivity index (χ1n) is 6.84. The largest absolute Gasteiger partial charge is 0.481 e. The van der Waals surface area contributed by atoms with E-state index in [0.717, 1.165) is 10.0 Å². The van der Waals surface area contributed by atoms with Crippen molar-refractivity contribution in [1.29, 1.82) is 0 Å². The van der Waals surface area contributed by atoms with Crippen LogP contribution in [0.1, 0.15) is 25.5 Å². The molecule has 21 heavy (non-hydrogen) atoms. The molecule has 0 saturated carbocycles. The number of rotatable bonds is 5. The molecule has 4 heteroatoms. The normalized spacial score (nSPS) is 13.3. The molecule has 1 amide bonds. The van der Waals surface area contributed by atoms with Gasteiger partial charge in [0.25, 0.3) is 5.91 Å². The summed E-state index contributed by atoms with van der Waals surface area (Å²) in [6.07, 6.45) is -0.544. The van der Waals surface area contributed by atoms with Crippen LogP contribution >= 0.6 is 15.9 Å². The summed E-state index contributed by atoms with van der Waals surface area (Å²) in [5.74, 6) is 0.544. The standard InChI is InChI=1S/C17H18BrNO2/c1-12(14-6-4-3-5-7-14)19-17(20)13(2)21-16-10-8-15(18)9-11-16/h3-13H,1-2H3,(H,19,20)/t12-,13+/m1/s1. The molecule has 0 aliphatic carbocycles. The van der Waals surface area contributed by atoms with Gasteiger partial charge in [0.2, 0.25) is 0 Å². The summed E-state index contributed by atoms with van der Waals surface area (Å²) >= 11 is 3.36. The zero-order valence-electron chi connectivity index (χ0n) is 12.0. The number of amides is 1. The lowest BCUT2D eigenvalue weighted by Crippen LogP contribution is -2.37. The van der Waals surface area contributed by atoms with Crippen LogP contribution in [-0.2, 0) is 4.79 Å². The Hall–Kier alpha value is -1.81. The lowest BCUT2D eigenvalue weighted by molar-refractivity contribution is -0.127. The molecule has 0 unspecified atom stereocenters. The highest BCUT2D eigenvalue weighted by Crippen LogP contribution is 2.18. The monoisotopic (exact) mass is 347 g/mol. The van der Waals surface area contributed by atoms with Gasteiger partial charge in [-0.05, 0) is 43.7 Å².